The SMILES string of the molecule is CCCN(CCC)c1ccc2c(c1)O[B-](Cl)(Cl)[N+](c1ccccc1)=C2.CCN(CC)c1ccc2c(c1)O[B-](I)(I)[N+](c1nc3ccc(C#N)cc3s1)=C2.CCOc1ccc2c(c1)O[B-](Br)(Br)[N+](c1ccccc1)=C2.CN(C)c1ccc2c(c1)O[B-](I)(I)[N+](c1ccccc1)=C2.Cl[B-]1(Cl)Oc2c(ccc3ccccc23)C=[N+]1c1ccccc1.FC(F)(F)c1ccc([N+]2=Cc3ccc4ccccc4c3O[B-]2(Br)Br)cc1. The molecule has 730 valence electrons. The molecular formula is C103H92B6Br4Cl4F3I4N11O7S. The maximum absolute atomic E-state index is 12.8. The van der Waals surface area contributed by atoms with Crippen LogP contribution in [0.4, 0.5) is 63.8 Å². The topological polar surface area (TPSA) is 129 Å². The monoisotopic (exact) mass is 2710 g/mol. The molecule has 14 aromatic carbocycles. The van der Waals surface area contributed by atoms with Gasteiger partial charge in [0.15, 0.2) is 34.0 Å². The molecule has 6 aliphatic rings. The Morgan fingerprint density at radius 3 is 1.29 bits per heavy atom. The summed E-state index contributed by atoms with van der Waals surface area (Å²) in [4.78, 5) is 11.5. The van der Waals surface area contributed by atoms with Gasteiger partial charge in [-0.2, -0.15) is 126 Å². The Morgan fingerprint density at radius 2 is 0.797 bits per heavy atom. The third-order valence-electron chi connectivity index (χ3n) is 23.7. The quantitative estimate of drug-likeness (QED) is 0.0636. The summed E-state index contributed by atoms with van der Waals surface area (Å²) in [5.41, 5.74) is 14.8. The van der Waals surface area contributed by atoms with Crippen LogP contribution in [0.25, 0.3) is 31.8 Å². The molecule has 7 heterocycles. The molecule has 21 rings (SSSR count). The number of alkyl halides is 3. The van der Waals surface area contributed by atoms with Gasteiger partial charge in [-0.3, -0.25) is 0 Å². The van der Waals surface area contributed by atoms with Gasteiger partial charge in [-0.25, -0.2) is 90.6 Å². The van der Waals surface area contributed by atoms with Crippen molar-refractivity contribution in [3.63, 3.8) is 0 Å². The van der Waals surface area contributed by atoms with E-state index in [9.17, 15) is 13.2 Å². The molecule has 0 atom stereocenters. The molecule has 0 unspecified atom stereocenters. The number of thiazole rings is 1. The Kier molecular flexibility index (Phi) is 34.6. The molecular weight excluding hydrogens is 2630 g/mol. The first-order valence-corrected chi connectivity index (χ1v) is 57.3. The smallest absolute Gasteiger partial charge is 0.638 e. The van der Waals surface area contributed by atoms with Crippen molar-refractivity contribution in [3.05, 3.63) is 354 Å². The molecule has 0 radical (unpaired) electrons. The molecule has 0 amide bonds. The highest BCUT2D eigenvalue weighted by Gasteiger charge is 2.47. The third kappa shape index (κ3) is 25.3. The van der Waals surface area contributed by atoms with Crippen LogP contribution < -0.4 is 47.4 Å². The van der Waals surface area contributed by atoms with Gasteiger partial charge in [0.2, 0.25) is 0 Å². The first kappa shape index (κ1) is 107. The van der Waals surface area contributed by atoms with Crippen LogP contribution in [0.1, 0.15) is 92.0 Å². The van der Waals surface area contributed by atoms with Crippen LogP contribution in [0.15, 0.2) is 309 Å². The molecule has 0 saturated heterocycles. The highest BCUT2D eigenvalue weighted by molar-refractivity contribution is 14.3. The molecule has 0 N–H and O–H groups in total. The van der Waals surface area contributed by atoms with Crippen molar-refractivity contribution in [2.45, 2.75) is 53.6 Å². The highest BCUT2D eigenvalue weighted by Crippen LogP contribution is 2.48. The van der Waals surface area contributed by atoms with Crippen LogP contribution in [0.5, 0.6) is 40.2 Å². The molecule has 18 nitrogen and oxygen atoms in total. The van der Waals surface area contributed by atoms with Crippen molar-refractivity contribution >= 4 is 353 Å². The molecule has 0 saturated carbocycles. The number of fused-ring (bicyclic) bond motifs is 11. The van der Waals surface area contributed by atoms with Crippen molar-refractivity contribution in [1.29, 1.82) is 5.26 Å². The minimum atomic E-state index is -4.36. The Labute approximate surface area is 940 Å². The van der Waals surface area contributed by atoms with E-state index in [1.54, 1.807) is 30.9 Å². The van der Waals surface area contributed by atoms with E-state index in [1.807, 2.05) is 256 Å². The van der Waals surface area contributed by atoms with Gasteiger partial charge in [-0.1, -0.05) is 147 Å². The number of benzene rings is 14. The summed E-state index contributed by atoms with van der Waals surface area (Å²) in [6.45, 7) is 15.3. The Balaban J connectivity index is 0.000000124. The van der Waals surface area contributed by atoms with Crippen LogP contribution in [-0.4, -0.2) is 139 Å². The molecule has 1 aromatic heterocycles. The van der Waals surface area contributed by atoms with Crippen molar-refractivity contribution in [3.8, 4) is 46.3 Å². The van der Waals surface area contributed by atoms with Crippen LogP contribution in [-0.2, 0) is 6.18 Å². The lowest BCUT2D eigenvalue weighted by molar-refractivity contribution is -0.297. The number of aromatic nitrogens is 1. The summed E-state index contributed by atoms with van der Waals surface area (Å²) in [6, 6.07) is 101. The summed E-state index contributed by atoms with van der Waals surface area (Å²) in [5.74, 6) is 5.63. The van der Waals surface area contributed by atoms with Crippen molar-refractivity contribution in [2.24, 2.45) is 0 Å². The zero-order valence-corrected chi connectivity index (χ0v) is 97.0. The van der Waals surface area contributed by atoms with E-state index in [1.165, 1.54) is 17.8 Å². The van der Waals surface area contributed by atoms with Crippen LogP contribution in [0.2, 0.25) is 0 Å². The van der Waals surface area contributed by atoms with Gasteiger partial charge in [-0.05, 0) is 158 Å². The van der Waals surface area contributed by atoms with Crippen LogP contribution >= 0.6 is 210 Å². The number of hydrogen-bond donors (Lipinski definition) is 0. The van der Waals surface area contributed by atoms with Gasteiger partial charge in [0.1, 0.15) is 36.8 Å². The van der Waals surface area contributed by atoms with E-state index in [0.29, 0.717) is 17.9 Å². The Bertz CT molecular complexity index is 7490. The lowest BCUT2D eigenvalue weighted by Crippen LogP contribution is -2.44. The zero-order valence-electron chi connectivity index (χ0n) is 78.2. The third-order valence-corrected chi connectivity index (χ3v) is 31.9. The Morgan fingerprint density at radius 1 is 0.406 bits per heavy atom. The van der Waals surface area contributed by atoms with Gasteiger partial charge in [0.05, 0.1) is 97.0 Å². The van der Waals surface area contributed by atoms with E-state index in [-0.39, 0.29) is 0 Å². The van der Waals surface area contributed by atoms with E-state index < -0.39 is 35.0 Å². The minimum Gasteiger partial charge on any atom is -0.662 e. The lowest BCUT2D eigenvalue weighted by atomic mass is 10.0. The number of para-hydroxylation sites is 4. The van der Waals surface area contributed by atoms with Gasteiger partial charge >= 0.3 is 34.6 Å². The summed E-state index contributed by atoms with van der Waals surface area (Å²) in [7, 11) is 4.08. The summed E-state index contributed by atoms with van der Waals surface area (Å²) in [6.07, 6.45) is 9.96. The second-order valence-electron chi connectivity index (χ2n) is 33.7. The molecule has 143 heavy (non-hydrogen) atoms. The number of halogens is 15. The summed E-state index contributed by atoms with van der Waals surface area (Å²) >= 11 is 51.5. The Hall–Kier alpha value is -8.82. The average molecular weight is 2720 g/mol. The summed E-state index contributed by atoms with van der Waals surface area (Å²) < 4.78 is 87.6. The average Bonchev–Trinajstić information content (AvgIpc) is 1.28. The molecule has 0 fully saturated rings. The molecule has 0 spiro atoms. The predicted molar refractivity (Wildman–Crippen MR) is 641 cm³/mol. The van der Waals surface area contributed by atoms with Crippen molar-refractivity contribution < 1.29 is 72.8 Å². The van der Waals surface area contributed by atoms with Crippen LogP contribution in [0, 0.1) is 11.3 Å². The number of hydrogen-bond acceptors (Lipinski definition) is 13. The van der Waals surface area contributed by atoms with E-state index in [2.05, 4.69) is 295 Å². The van der Waals surface area contributed by atoms with Crippen LogP contribution in [0.3, 0.4) is 0 Å². The fourth-order valence-electron chi connectivity index (χ4n) is 16.7. The number of ether oxygens (including phenoxy) is 1. The largest absolute Gasteiger partial charge is 0.662 e. The standard InChI is InChI=1S/C19H23BCl2N2O.C19H17BI2N4OS.C18H11BBr2F3NO.C17H12BCl2NO.C15H14BBr2NO2.C15H15BI2N2O/c1-3-12-23(13-4-2)18-11-10-16-15-24(17-8-6-5-7-9-17)20(21,22)25-19(16)14-18;1-3-25(4-2)15-7-6-14-12-26(20(21,22)27-17(14)10-15)19-24-16-8-5-13(11-23)9-18(16)28-19;20-19(21)25(15-9-7-14(8-10-15)18(22,23)24)11-13-6-5-12-3-1-2-4-16(12)17(13)26-19;19-18(20)21(15-7-2-1-3-8-15)12-14-11-10-13-6-4-5-9-16(13)17(14)22-18;1-2-20-14-9-8-12-11-19(13-6-4-3-5-7-13)16(17,18)21-15(12)10-14;1-19(2)14-9-8-12-11-20(13-6-4-3-5-7-13)16(17,18)21-15(12)10-14/h5-11,14-15H,3-4,12-13H2,1-2H3;5-10,12H,3-4H2,1-2H3;1-11H;1-12H;3-11H,2H2,1H3;3-11H,1-2H3. The second kappa shape index (κ2) is 46.3. The van der Waals surface area contributed by atoms with Crippen molar-refractivity contribution in [2.75, 3.05) is 61.6 Å². The van der Waals surface area contributed by atoms with E-state index >= 15 is 0 Å². The maximum Gasteiger partial charge on any atom is 0.638 e. The van der Waals surface area contributed by atoms with E-state index in [4.69, 9.17) is 88.7 Å². The van der Waals surface area contributed by atoms with Gasteiger partial charge in [0.25, 0.3) is 0 Å². The number of rotatable bonds is 17. The minimum absolute atomic E-state index is 0.575. The molecule has 40 heteroatoms. The lowest BCUT2D eigenvalue weighted by Gasteiger charge is -2.36. The second-order valence-corrected chi connectivity index (χ2v) is 56.5. The molecule has 6 aliphatic heterocycles. The first-order chi connectivity index (χ1) is 68.5. The van der Waals surface area contributed by atoms with Crippen molar-refractivity contribution in [1.82, 2.24) is 4.98 Å². The molecule has 0 aliphatic carbocycles. The van der Waals surface area contributed by atoms with Gasteiger partial charge in [0, 0.05) is 153 Å². The normalized spacial score (nSPS) is 15.5. The fourth-order valence-corrected chi connectivity index (χ4v) is 24.3. The van der Waals surface area contributed by atoms with E-state index in [0.717, 1.165) is 196 Å². The highest BCUT2D eigenvalue weighted by atomic mass is 127. The van der Waals surface area contributed by atoms with Gasteiger partial charge < -0.3 is 74.3 Å². The first-order valence-electron chi connectivity index (χ1n) is 46.1. The molecule has 0 bridgehead atoms. The number of nitrogens with zero attached hydrogens (tertiary/aromatic N) is 11. The zero-order chi connectivity index (χ0) is 101. The number of nitriles is 1. The fraction of sp³-hybridized carbons (Fsp3) is 0.146. The predicted octanol–water partition coefficient (Wildman–Crippen LogP) is 30.7. The number of anilines is 3. The maximum atomic E-state index is 12.8. The van der Waals surface area contributed by atoms with Gasteiger partial charge in [-0.15, -0.1) is 0 Å². The summed E-state index contributed by atoms with van der Waals surface area (Å²) in [5, 5.41) is 9.71. The molecule has 15 aromatic rings.